The van der Waals surface area contributed by atoms with Crippen LogP contribution in [0, 0.1) is 0 Å². The zero-order valence-electron chi connectivity index (χ0n) is 13.2. The molecule has 118 valence electrons. The van der Waals surface area contributed by atoms with Crippen LogP contribution in [0.15, 0.2) is 4.79 Å². The van der Waals surface area contributed by atoms with E-state index in [9.17, 15) is 9.59 Å². The van der Waals surface area contributed by atoms with Crippen LogP contribution in [0.4, 0.5) is 0 Å². The molecule has 1 aliphatic rings. The van der Waals surface area contributed by atoms with Crippen molar-refractivity contribution in [3.63, 3.8) is 0 Å². The molecule has 0 saturated heterocycles. The number of aryl methyl sites for hydroxylation is 2. The molecule has 2 N–H and O–H groups in total. The topological polar surface area (TPSA) is 78.0 Å². The molecule has 0 bridgehead atoms. The van der Waals surface area contributed by atoms with Crippen molar-refractivity contribution in [2.24, 2.45) is 5.73 Å². The molecule has 0 saturated carbocycles. The minimum absolute atomic E-state index is 0.0578. The number of carbonyl (C=O) groups excluding carboxylic acids is 1. The number of nitrogens with zero attached hydrogens (tertiary/aromatic N) is 2. The normalized spacial score (nSPS) is 15.5. The van der Waals surface area contributed by atoms with E-state index in [0.717, 1.165) is 29.7 Å². The number of primary amides is 1. The van der Waals surface area contributed by atoms with Crippen molar-refractivity contribution >= 4 is 27.5 Å². The minimum Gasteiger partial charge on any atom is -0.368 e. The Balaban J connectivity index is 2.37. The Labute approximate surface area is 133 Å². The smallest absolute Gasteiger partial charge is 0.263 e. The molecule has 1 amide bonds. The molecule has 3 rings (SSSR count). The third-order valence-corrected chi connectivity index (χ3v) is 5.53. The van der Waals surface area contributed by atoms with Gasteiger partial charge in [-0.05, 0) is 31.2 Å². The maximum absolute atomic E-state index is 13.1. The van der Waals surface area contributed by atoms with Gasteiger partial charge in [-0.2, -0.15) is 0 Å². The SMILES string of the molecule is CCC(C(N)=O)n1c(C(C)C)nc2sc3c(c2c1=O)CCC3. The van der Waals surface area contributed by atoms with Gasteiger partial charge in [-0.15, -0.1) is 11.3 Å². The Hall–Kier alpha value is -1.69. The lowest BCUT2D eigenvalue weighted by atomic mass is 10.1. The van der Waals surface area contributed by atoms with E-state index in [1.807, 2.05) is 20.8 Å². The minimum atomic E-state index is -0.626. The molecule has 2 heterocycles. The van der Waals surface area contributed by atoms with Crippen LogP contribution in [-0.2, 0) is 17.6 Å². The lowest BCUT2D eigenvalue weighted by Gasteiger charge is -2.20. The first-order valence-electron chi connectivity index (χ1n) is 7.81. The van der Waals surface area contributed by atoms with Crippen molar-refractivity contribution in [2.75, 3.05) is 0 Å². The molecule has 0 fully saturated rings. The van der Waals surface area contributed by atoms with Gasteiger partial charge < -0.3 is 5.73 Å². The highest BCUT2D eigenvalue weighted by Crippen LogP contribution is 2.35. The molecule has 0 radical (unpaired) electrons. The summed E-state index contributed by atoms with van der Waals surface area (Å²) in [7, 11) is 0. The summed E-state index contributed by atoms with van der Waals surface area (Å²) in [5, 5.41) is 0.710. The first kappa shape index (κ1) is 15.2. The average molecular weight is 319 g/mol. The highest BCUT2D eigenvalue weighted by Gasteiger charge is 2.27. The molecule has 2 aromatic heterocycles. The number of hydrogen-bond donors (Lipinski definition) is 1. The van der Waals surface area contributed by atoms with E-state index in [1.54, 1.807) is 15.9 Å². The summed E-state index contributed by atoms with van der Waals surface area (Å²) in [4.78, 5) is 31.7. The highest BCUT2D eigenvalue weighted by atomic mass is 32.1. The van der Waals surface area contributed by atoms with Crippen molar-refractivity contribution in [1.82, 2.24) is 9.55 Å². The third kappa shape index (κ3) is 2.17. The number of fused-ring (bicyclic) bond motifs is 3. The lowest BCUT2D eigenvalue weighted by molar-refractivity contribution is -0.121. The van der Waals surface area contributed by atoms with Gasteiger partial charge in [0.1, 0.15) is 16.7 Å². The number of carbonyl (C=O) groups is 1. The second-order valence-corrected chi connectivity index (χ2v) is 7.25. The van der Waals surface area contributed by atoms with Crippen LogP contribution in [0.2, 0.25) is 0 Å². The van der Waals surface area contributed by atoms with Crippen LogP contribution >= 0.6 is 11.3 Å². The number of hydrogen-bond acceptors (Lipinski definition) is 4. The summed E-state index contributed by atoms with van der Waals surface area (Å²) in [5.74, 6) is 0.241. The summed E-state index contributed by atoms with van der Waals surface area (Å²) in [5.41, 5.74) is 6.57. The van der Waals surface area contributed by atoms with Crippen molar-refractivity contribution in [1.29, 1.82) is 0 Å². The molecular weight excluding hydrogens is 298 g/mol. The summed E-state index contributed by atoms with van der Waals surface area (Å²) in [6.45, 7) is 5.84. The van der Waals surface area contributed by atoms with E-state index in [4.69, 9.17) is 10.7 Å². The van der Waals surface area contributed by atoms with E-state index < -0.39 is 11.9 Å². The Morgan fingerprint density at radius 1 is 1.41 bits per heavy atom. The van der Waals surface area contributed by atoms with Crippen LogP contribution in [0.1, 0.15) is 61.8 Å². The second kappa shape index (κ2) is 5.50. The lowest BCUT2D eigenvalue weighted by Crippen LogP contribution is -2.36. The van der Waals surface area contributed by atoms with Gasteiger partial charge in [0, 0.05) is 10.8 Å². The van der Waals surface area contributed by atoms with Crippen LogP contribution in [-0.4, -0.2) is 15.5 Å². The number of rotatable bonds is 4. The molecule has 0 spiro atoms. The molecular formula is C16H21N3O2S. The molecule has 0 aromatic carbocycles. The second-order valence-electron chi connectivity index (χ2n) is 6.16. The first-order valence-corrected chi connectivity index (χ1v) is 8.63. The van der Waals surface area contributed by atoms with Crippen molar-refractivity contribution < 1.29 is 4.79 Å². The Morgan fingerprint density at radius 2 is 2.14 bits per heavy atom. The molecule has 1 atom stereocenters. The van der Waals surface area contributed by atoms with Gasteiger partial charge in [0.2, 0.25) is 5.91 Å². The van der Waals surface area contributed by atoms with Crippen LogP contribution in [0.25, 0.3) is 10.2 Å². The fourth-order valence-corrected chi connectivity index (χ4v) is 4.55. The fourth-order valence-electron chi connectivity index (χ4n) is 3.29. The van der Waals surface area contributed by atoms with Gasteiger partial charge in [0.05, 0.1) is 5.39 Å². The average Bonchev–Trinajstić information content (AvgIpc) is 3.00. The standard InChI is InChI=1S/C16H21N3O2S/c1-4-10(13(17)20)19-14(8(2)3)18-15-12(16(19)21)9-6-5-7-11(9)22-15/h8,10H,4-7H2,1-3H3,(H2,17,20). The molecule has 0 aliphatic heterocycles. The van der Waals surface area contributed by atoms with Crippen LogP contribution in [0.5, 0.6) is 0 Å². The van der Waals surface area contributed by atoms with Crippen molar-refractivity contribution in [3.05, 3.63) is 26.6 Å². The van der Waals surface area contributed by atoms with E-state index in [1.165, 1.54) is 4.88 Å². The number of aromatic nitrogens is 2. The Bertz CT molecular complexity index is 804. The van der Waals surface area contributed by atoms with Gasteiger partial charge in [-0.3, -0.25) is 14.2 Å². The highest BCUT2D eigenvalue weighted by molar-refractivity contribution is 7.18. The van der Waals surface area contributed by atoms with Gasteiger partial charge in [0.25, 0.3) is 5.56 Å². The number of thiophene rings is 1. The largest absolute Gasteiger partial charge is 0.368 e. The molecule has 1 aliphatic carbocycles. The Kier molecular flexibility index (Phi) is 3.80. The maximum Gasteiger partial charge on any atom is 0.263 e. The van der Waals surface area contributed by atoms with E-state index in [2.05, 4.69) is 0 Å². The molecule has 2 aromatic rings. The van der Waals surface area contributed by atoms with E-state index in [-0.39, 0.29) is 11.5 Å². The number of amides is 1. The predicted octanol–water partition coefficient (Wildman–Crippen LogP) is 2.51. The summed E-state index contributed by atoms with van der Waals surface area (Å²) in [6, 6.07) is -0.626. The van der Waals surface area contributed by atoms with Crippen molar-refractivity contribution in [2.45, 2.75) is 58.4 Å². The monoisotopic (exact) mass is 319 g/mol. The molecule has 1 unspecified atom stereocenters. The maximum atomic E-state index is 13.1. The summed E-state index contributed by atoms with van der Waals surface area (Å²) >= 11 is 1.63. The Morgan fingerprint density at radius 3 is 2.73 bits per heavy atom. The molecule has 6 heteroatoms. The van der Waals surface area contributed by atoms with E-state index in [0.29, 0.717) is 17.6 Å². The van der Waals surface area contributed by atoms with E-state index >= 15 is 0 Å². The summed E-state index contributed by atoms with van der Waals surface area (Å²) < 4.78 is 1.54. The molecule has 22 heavy (non-hydrogen) atoms. The van der Waals surface area contributed by atoms with Crippen molar-refractivity contribution in [3.8, 4) is 0 Å². The van der Waals surface area contributed by atoms with Crippen LogP contribution < -0.4 is 11.3 Å². The van der Waals surface area contributed by atoms with Gasteiger partial charge in [-0.25, -0.2) is 4.98 Å². The van der Waals surface area contributed by atoms with Gasteiger partial charge in [-0.1, -0.05) is 20.8 Å². The zero-order valence-corrected chi connectivity index (χ0v) is 14.0. The molecule has 5 nitrogen and oxygen atoms in total. The van der Waals surface area contributed by atoms with Crippen LogP contribution in [0.3, 0.4) is 0 Å². The quantitative estimate of drug-likeness (QED) is 0.940. The predicted molar refractivity (Wildman–Crippen MR) is 88.5 cm³/mol. The fraction of sp³-hybridized carbons (Fsp3) is 0.562. The summed E-state index contributed by atoms with van der Waals surface area (Å²) in [6.07, 6.45) is 3.55. The van der Waals surface area contributed by atoms with Gasteiger partial charge in [0.15, 0.2) is 0 Å². The third-order valence-electron chi connectivity index (χ3n) is 4.34. The zero-order chi connectivity index (χ0) is 16.0. The number of nitrogens with two attached hydrogens (primary N) is 1. The first-order chi connectivity index (χ1) is 10.5. The van der Waals surface area contributed by atoms with Gasteiger partial charge >= 0.3 is 0 Å².